The molecule has 0 saturated carbocycles. The van der Waals surface area contributed by atoms with Crippen LogP contribution >= 0.6 is 0 Å². The van der Waals surface area contributed by atoms with Gasteiger partial charge in [-0.25, -0.2) is 8.42 Å². The summed E-state index contributed by atoms with van der Waals surface area (Å²) in [5.41, 5.74) is 1.22. The van der Waals surface area contributed by atoms with Gasteiger partial charge in [0.25, 0.3) is 0 Å². The molecule has 2 aromatic rings. The summed E-state index contributed by atoms with van der Waals surface area (Å²) in [4.78, 5) is 14.4. The molecule has 0 aromatic heterocycles. The van der Waals surface area contributed by atoms with E-state index < -0.39 is 10.0 Å². The maximum Gasteiger partial charge on any atom is 0.243 e. The largest absolute Gasteiger partial charge is 0.493 e. The van der Waals surface area contributed by atoms with E-state index in [1.807, 2.05) is 18.2 Å². The average Bonchev–Trinajstić information content (AvgIpc) is 2.79. The lowest BCUT2D eigenvalue weighted by atomic mass is 10.1. The number of carbonyl (C=O) groups excluding carboxylic acids is 1. The van der Waals surface area contributed by atoms with E-state index in [0.717, 1.165) is 12.8 Å². The van der Waals surface area contributed by atoms with Gasteiger partial charge in [0.15, 0.2) is 11.5 Å². The van der Waals surface area contributed by atoms with E-state index in [0.29, 0.717) is 31.0 Å². The Balaban J connectivity index is 1.54. The predicted molar refractivity (Wildman–Crippen MR) is 114 cm³/mol. The molecule has 162 valence electrons. The third kappa shape index (κ3) is 5.12. The van der Waals surface area contributed by atoms with Crippen LogP contribution in [-0.4, -0.2) is 63.9 Å². The molecule has 0 N–H and O–H groups in total. The molecule has 0 radical (unpaired) electrons. The van der Waals surface area contributed by atoms with Crippen molar-refractivity contribution in [1.82, 2.24) is 9.21 Å². The van der Waals surface area contributed by atoms with E-state index >= 15 is 0 Å². The van der Waals surface area contributed by atoms with Crippen LogP contribution in [0.25, 0.3) is 0 Å². The van der Waals surface area contributed by atoms with Crippen molar-refractivity contribution in [3.8, 4) is 11.5 Å². The van der Waals surface area contributed by atoms with Crippen molar-refractivity contribution < 1.29 is 22.7 Å². The number of rotatable bonds is 8. The fourth-order valence-electron chi connectivity index (χ4n) is 3.55. The summed E-state index contributed by atoms with van der Waals surface area (Å²) in [6.07, 6.45) is 2.12. The van der Waals surface area contributed by atoms with Crippen molar-refractivity contribution in [2.45, 2.75) is 24.2 Å². The van der Waals surface area contributed by atoms with Gasteiger partial charge in [-0.15, -0.1) is 0 Å². The number of piperazine rings is 1. The van der Waals surface area contributed by atoms with Gasteiger partial charge in [0.1, 0.15) is 0 Å². The number of aryl methyl sites for hydroxylation is 1. The Morgan fingerprint density at radius 1 is 0.933 bits per heavy atom. The molecule has 8 heteroatoms. The van der Waals surface area contributed by atoms with E-state index in [9.17, 15) is 13.2 Å². The Morgan fingerprint density at radius 3 is 2.23 bits per heavy atom. The van der Waals surface area contributed by atoms with Crippen LogP contribution in [0.2, 0.25) is 0 Å². The maximum absolute atomic E-state index is 13.0. The first-order valence-electron chi connectivity index (χ1n) is 9.99. The van der Waals surface area contributed by atoms with E-state index in [4.69, 9.17) is 9.47 Å². The van der Waals surface area contributed by atoms with Gasteiger partial charge in [0.2, 0.25) is 15.9 Å². The van der Waals surface area contributed by atoms with Crippen LogP contribution in [0.5, 0.6) is 11.5 Å². The van der Waals surface area contributed by atoms with E-state index in [-0.39, 0.29) is 23.9 Å². The van der Waals surface area contributed by atoms with Gasteiger partial charge in [-0.05, 0) is 30.5 Å². The van der Waals surface area contributed by atoms with Crippen molar-refractivity contribution in [1.29, 1.82) is 0 Å². The third-order valence-corrected chi connectivity index (χ3v) is 7.18. The number of methoxy groups -OCH3 is 2. The highest BCUT2D eigenvalue weighted by molar-refractivity contribution is 7.89. The van der Waals surface area contributed by atoms with Gasteiger partial charge >= 0.3 is 0 Å². The van der Waals surface area contributed by atoms with Crippen molar-refractivity contribution >= 4 is 15.9 Å². The van der Waals surface area contributed by atoms with Crippen LogP contribution < -0.4 is 9.47 Å². The quantitative estimate of drug-likeness (QED) is 0.641. The molecule has 30 heavy (non-hydrogen) atoms. The number of hydrogen-bond acceptors (Lipinski definition) is 5. The summed E-state index contributed by atoms with van der Waals surface area (Å²) >= 11 is 0. The van der Waals surface area contributed by atoms with Crippen LogP contribution in [0.1, 0.15) is 18.4 Å². The molecule has 1 aliphatic heterocycles. The first kappa shape index (κ1) is 22.1. The second-order valence-corrected chi connectivity index (χ2v) is 9.08. The molecule has 1 heterocycles. The minimum atomic E-state index is -3.66. The standard InChI is InChI=1S/C22H28N2O5S/c1-28-20-12-11-19(17-21(20)29-2)30(26,27)24-15-13-23(14-16-24)22(25)10-6-9-18-7-4-3-5-8-18/h3-5,7-8,11-12,17H,6,9-10,13-16H2,1-2H3. The molecule has 0 unspecified atom stereocenters. The first-order chi connectivity index (χ1) is 14.5. The summed E-state index contributed by atoms with van der Waals surface area (Å²) in [7, 11) is -0.691. The summed E-state index contributed by atoms with van der Waals surface area (Å²) in [5.74, 6) is 0.919. The maximum atomic E-state index is 13.0. The molecule has 3 rings (SSSR count). The van der Waals surface area contributed by atoms with Gasteiger partial charge < -0.3 is 14.4 Å². The molecule has 2 aromatic carbocycles. The number of amides is 1. The Labute approximate surface area is 178 Å². The number of carbonyl (C=O) groups is 1. The number of nitrogens with zero attached hydrogens (tertiary/aromatic N) is 2. The van der Waals surface area contributed by atoms with Gasteiger partial charge in [0.05, 0.1) is 19.1 Å². The number of benzene rings is 2. The van der Waals surface area contributed by atoms with Crippen molar-refractivity contribution in [3.05, 3.63) is 54.1 Å². The van der Waals surface area contributed by atoms with Gasteiger partial charge in [-0.1, -0.05) is 30.3 Å². The third-order valence-electron chi connectivity index (χ3n) is 5.28. The van der Waals surface area contributed by atoms with Crippen LogP contribution in [0, 0.1) is 0 Å². The zero-order valence-electron chi connectivity index (χ0n) is 17.4. The second-order valence-electron chi connectivity index (χ2n) is 7.14. The summed E-state index contributed by atoms with van der Waals surface area (Å²) < 4.78 is 37.8. The zero-order chi connectivity index (χ0) is 21.6. The molecule has 1 amide bonds. The van der Waals surface area contributed by atoms with Gasteiger partial charge in [-0.2, -0.15) is 4.31 Å². The molecule has 1 fully saturated rings. The highest BCUT2D eigenvalue weighted by Crippen LogP contribution is 2.30. The molecular formula is C22H28N2O5S. The van der Waals surface area contributed by atoms with Crippen LogP contribution in [0.4, 0.5) is 0 Å². The fourth-order valence-corrected chi connectivity index (χ4v) is 4.99. The number of sulfonamides is 1. The number of ether oxygens (including phenoxy) is 2. The highest BCUT2D eigenvalue weighted by Gasteiger charge is 2.30. The van der Waals surface area contributed by atoms with Crippen LogP contribution in [-0.2, 0) is 21.2 Å². The molecule has 1 aliphatic rings. The zero-order valence-corrected chi connectivity index (χ0v) is 18.2. The van der Waals surface area contributed by atoms with Crippen LogP contribution in [0.15, 0.2) is 53.4 Å². The first-order valence-corrected chi connectivity index (χ1v) is 11.4. The van der Waals surface area contributed by atoms with Crippen molar-refractivity contribution in [2.24, 2.45) is 0 Å². The van der Waals surface area contributed by atoms with Crippen molar-refractivity contribution in [2.75, 3.05) is 40.4 Å². The fraction of sp³-hybridized carbons (Fsp3) is 0.409. The minimum absolute atomic E-state index is 0.0779. The Bertz CT molecular complexity index is 955. The molecule has 0 aliphatic carbocycles. The summed E-state index contributed by atoms with van der Waals surface area (Å²) in [6.45, 7) is 1.36. The molecule has 0 spiro atoms. The second kappa shape index (κ2) is 9.95. The predicted octanol–water partition coefficient (Wildman–Crippen LogP) is 2.56. The summed E-state index contributed by atoms with van der Waals surface area (Å²) in [5, 5.41) is 0. The smallest absolute Gasteiger partial charge is 0.243 e. The Hall–Kier alpha value is -2.58. The SMILES string of the molecule is COc1ccc(S(=O)(=O)N2CCN(C(=O)CCCc3ccccc3)CC2)cc1OC. The topological polar surface area (TPSA) is 76.2 Å². The highest BCUT2D eigenvalue weighted by atomic mass is 32.2. The van der Waals surface area contributed by atoms with Crippen LogP contribution in [0.3, 0.4) is 0 Å². The van der Waals surface area contributed by atoms with Gasteiger partial charge in [-0.3, -0.25) is 4.79 Å². The number of hydrogen-bond donors (Lipinski definition) is 0. The van der Waals surface area contributed by atoms with E-state index in [2.05, 4.69) is 12.1 Å². The van der Waals surface area contributed by atoms with E-state index in [1.165, 1.54) is 36.2 Å². The Kier molecular flexibility index (Phi) is 7.33. The molecule has 1 saturated heterocycles. The monoisotopic (exact) mass is 432 g/mol. The summed E-state index contributed by atoms with van der Waals surface area (Å²) in [6, 6.07) is 14.6. The molecule has 7 nitrogen and oxygen atoms in total. The lowest BCUT2D eigenvalue weighted by Crippen LogP contribution is -2.50. The van der Waals surface area contributed by atoms with Crippen molar-refractivity contribution in [3.63, 3.8) is 0 Å². The lowest BCUT2D eigenvalue weighted by Gasteiger charge is -2.34. The molecular weight excluding hydrogens is 404 g/mol. The molecule has 0 bridgehead atoms. The average molecular weight is 433 g/mol. The normalized spacial score (nSPS) is 15.1. The Morgan fingerprint density at radius 2 is 1.60 bits per heavy atom. The lowest BCUT2D eigenvalue weighted by molar-refractivity contribution is -0.132. The van der Waals surface area contributed by atoms with E-state index in [1.54, 1.807) is 11.0 Å². The molecule has 0 atom stereocenters. The van der Waals surface area contributed by atoms with Gasteiger partial charge in [0, 0.05) is 38.7 Å². The minimum Gasteiger partial charge on any atom is -0.493 e.